The van der Waals surface area contributed by atoms with E-state index < -0.39 is 0 Å². The van der Waals surface area contributed by atoms with Crippen LogP contribution in [-0.4, -0.2) is 36.7 Å². The van der Waals surface area contributed by atoms with Crippen molar-refractivity contribution in [3.63, 3.8) is 0 Å². The number of aryl methyl sites for hydroxylation is 1. The van der Waals surface area contributed by atoms with Crippen LogP contribution in [0.3, 0.4) is 0 Å². The molecule has 1 saturated heterocycles. The van der Waals surface area contributed by atoms with Gasteiger partial charge in [-0.05, 0) is 68.5 Å². The summed E-state index contributed by atoms with van der Waals surface area (Å²) in [4.78, 5) is 2.38. The van der Waals surface area contributed by atoms with E-state index in [0.717, 1.165) is 43.5 Å². The average molecular weight is 374 g/mol. The van der Waals surface area contributed by atoms with E-state index in [4.69, 9.17) is 10.5 Å². The van der Waals surface area contributed by atoms with E-state index in [1.54, 1.807) is 18.2 Å². The summed E-state index contributed by atoms with van der Waals surface area (Å²) in [5.74, 6) is 0.103. The molecule has 1 aliphatic heterocycles. The van der Waals surface area contributed by atoms with Gasteiger partial charge < -0.3 is 10.5 Å². The lowest BCUT2D eigenvalue weighted by atomic mass is 9.99. The molecular weight excluding hydrogens is 346 g/mol. The predicted molar refractivity (Wildman–Crippen MR) is 104 cm³/mol. The maximum atomic E-state index is 14.0. The molecule has 3 rings (SSSR count). The molecule has 3 nitrogen and oxygen atoms in total. The summed E-state index contributed by atoms with van der Waals surface area (Å²) < 4.78 is 33.0. The minimum absolute atomic E-state index is 0.0778. The van der Waals surface area contributed by atoms with Crippen molar-refractivity contribution >= 4 is 0 Å². The van der Waals surface area contributed by atoms with Gasteiger partial charge in [-0.15, -0.1) is 0 Å². The Hall–Kier alpha value is -1.98. The zero-order chi connectivity index (χ0) is 19.2. The Labute approximate surface area is 160 Å². The molecule has 0 bridgehead atoms. The Bertz CT molecular complexity index is 733. The van der Waals surface area contributed by atoms with Gasteiger partial charge >= 0.3 is 0 Å². The van der Waals surface area contributed by atoms with Crippen LogP contribution in [-0.2, 0) is 6.42 Å². The first-order valence-electron chi connectivity index (χ1n) is 9.65. The summed E-state index contributed by atoms with van der Waals surface area (Å²) in [5.41, 5.74) is 7.95. The summed E-state index contributed by atoms with van der Waals surface area (Å²) in [5, 5.41) is 0. The zero-order valence-corrected chi connectivity index (χ0v) is 15.8. The lowest BCUT2D eigenvalue weighted by Gasteiger charge is -2.26. The maximum absolute atomic E-state index is 14.0. The molecule has 0 amide bonds. The van der Waals surface area contributed by atoms with Crippen LogP contribution in [0.2, 0.25) is 0 Å². The summed E-state index contributed by atoms with van der Waals surface area (Å²) >= 11 is 0. The van der Waals surface area contributed by atoms with Gasteiger partial charge in [0.15, 0.2) is 0 Å². The second-order valence-electron chi connectivity index (χ2n) is 7.39. The van der Waals surface area contributed by atoms with Gasteiger partial charge in [-0.25, -0.2) is 8.78 Å². The van der Waals surface area contributed by atoms with Crippen molar-refractivity contribution in [1.82, 2.24) is 4.90 Å². The first kappa shape index (κ1) is 19.8. The number of hydrogen-bond donors (Lipinski definition) is 1. The molecule has 2 aromatic carbocycles. The first-order chi connectivity index (χ1) is 13.0. The second-order valence-corrected chi connectivity index (χ2v) is 7.39. The monoisotopic (exact) mass is 374 g/mol. The molecule has 0 spiro atoms. The van der Waals surface area contributed by atoms with E-state index in [9.17, 15) is 8.78 Å². The minimum Gasteiger partial charge on any atom is -0.492 e. The number of rotatable bonds is 8. The first-order valence-corrected chi connectivity index (χ1v) is 9.65. The van der Waals surface area contributed by atoms with Crippen LogP contribution in [0.15, 0.2) is 42.5 Å². The third-order valence-corrected chi connectivity index (χ3v) is 5.34. The molecule has 2 N–H and O–H groups in total. The van der Waals surface area contributed by atoms with Gasteiger partial charge in [0.1, 0.15) is 24.0 Å². The molecule has 1 heterocycles. The van der Waals surface area contributed by atoms with Crippen molar-refractivity contribution < 1.29 is 13.5 Å². The maximum Gasteiger partial charge on any atom is 0.126 e. The van der Waals surface area contributed by atoms with E-state index in [0.29, 0.717) is 24.8 Å². The molecule has 0 radical (unpaired) electrons. The molecule has 0 saturated carbocycles. The van der Waals surface area contributed by atoms with Crippen molar-refractivity contribution in [3.05, 3.63) is 65.2 Å². The van der Waals surface area contributed by atoms with Gasteiger partial charge in [0.2, 0.25) is 0 Å². The number of nitrogens with zero attached hydrogens (tertiary/aromatic N) is 1. The van der Waals surface area contributed by atoms with Crippen molar-refractivity contribution in [1.29, 1.82) is 0 Å². The Morgan fingerprint density at radius 3 is 2.81 bits per heavy atom. The standard InChI is InChI=1S/C22H28F2N2O/c1-16-5-2-9-22(24)21(16)14-18(25)10-12-26-11-4-7-19(26)15-27-20-8-3-6-17(23)13-20/h2-3,5-6,8-9,13,18-19H,4,7,10-12,14-15,25H2,1H3/t18-,19-/m0/s1. The number of likely N-dealkylation sites (tertiary alicyclic amines) is 1. The number of ether oxygens (including phenoxy) is 1. The topological polar surface area (TPSA) is 38.5 Å². The largest absolute Gasteiger partial charge is 0.492 e. The SMILES string of the molecule is Cc1cccc(F)c1C[C@@H](N)CCN1CCC[C@H]1COc1cccc(F)c1. The highest BCUT2D eigenvalue weighted by Crippen LogP contribution is 2.21. The highest BCUT2D eigenvalue weighted by Gasteiger charge is 2.25. The van der Waals surface area contributed by atoms with Crippen molar-refractivity contribution in [2.45, 2.75) is 44.7 Å². The molecule has 0 aliphatic carbocycles. The van der Waals surface area contributed by atoms with E-state index in [2.05, 4.69) is 4.90 Å². The number of halogens is 2. The van der Waals surface area contributed by atoms with Gasteiger partial charge in [0.25, 0.3) is 0 Å². The third kappa shape index (κ3) is 5.50. The normalized spacial score (nSPS) is 18.6. The van der Waals surface area contributed by atoms with Crippen LogP contribution >= 0.6 is 0 Å². The van der Waals surface area contributed by atoms with E-state index in [-0.39, 0.29) is 17.7 Å². The van der Waals surface area contributed by atoms with E-state index in [1.165, 1.54) is 18.2 Å². The Kier molecular flexibility index (Phi) is 6.80. The van der Waals surface area contributed by atoms with Crippen molar-refractivity contribution in [3.8, 4) is 5.75 Å². The van der Waals surface area contributed by atoms with Crippen LogP contribution in [0.1, 0.15) is 30.4 Å². The summed E-state index contributed by atoms with van der Waals surface area (Å²) in [7, 11) is 0. The molecular formula is C22H28F2N2O. The van der Waals surface area contributed by atoms with Crippen molar-refractivity contribution in [2.75, 3.05) is 19.7 Å². The van der Waals surface area contributed by atoms with Gasteiger partial charge in [-0.1, -0.05) is 18.2 Å². The van der Waals surface area contributed by atoms with E-state index in [1.807, 2.05) is 13.0 Å². The molecule has 27 heavy (non-hydrogen) atoms. The third-order valence-electron chi connectivity index (χ3n) is 5.34. The summed E-state index contributed by atoms with van der Waals surface area (Å²) in [6.07, 6.45) is 3.55. The van der Waals surface area contributed by atoms with Crippen LogP contribution in [0.4, 0.5) is 8.78 Å². The lowest BCUT2D eigenvalue weighted by Crippen LogP contribution is -2.38. The van der Waals surface area contributed by atoms with Crippen molar-refractivity contribution in [2.24, 2.45) is 5.73 Å². The van der Waals surface area contributed by atoms with Gasteiger partial charge in [0, 0.05) is 24.7 Å². The van der Waals surface area contributed by atoms with Crippen LogP contribution < -0.4 is 10.5 Å². The molecule has 146 valence electrons. The number of nitrogens with two attached hydrogens (primary N) is 1. The molecule has 2 aromatic rings. The van der Waals surface area contributed by atoms with E-state index >= 15 is 0 Å². The zero-order valence-electron chi connectivity index (χ0n) is 15.8. The fourth-order valence-corrected chi connectivity index (χ4v) is 3.75. The predicted octanol–water partition coefficient (Wildman–Crippen LogP) is 4.08. The van der Waals surface area contributed by atoms with Gasteiger partial charge in [0.05, 0.1) is 0 Å². The quantitative estimate of drug-likeness (QED) is 0.757. The second kappa shape index (κ2) is 9.29. The molecule has 1 aliphatic rings. The fraction of sp³-hybridized carbons (Fsp3) is 0.455. The molecule has 0 unspecified atom stereocenters. The Morgan fingerprint density at radius 1 is 1.22 bits per heavy atom. The molecule has 1 fully saturated rings. The molecule has 5 heteroatoms. The number of benzene rings is 2. The average Bonchev–Trinajstić information content (AvgIpc) is 3.09. The van der Waals surface area contributed by atoms with Gasteiger partial charge in [-0.2, -0.15) is 0 Å². The summed E-state index contributed by atoms with van der Waals surface area (Å²) in [6.45, 7) is 4.35. The Balaban J connectivity index is 1.48. The van der Waals surface area contributed by atoms with Crippen LogP contribution in [0, 0.1) is 18.6 Å². The molecule has 2 atom stereocenters. The van der Waals surface area contributed by atoms with Crippen LogP contribution in [0.25, 0.3) is 0 Å². The lowest BCUT2D eigenvalue weighted by molar-refractivity contribution is 0.168. The summed E-state index contributed by atoms with van der Waals surface area (Å²) in [6, 6.07) is 11.6. The fourth-order valence-electron chi connectivity index (χ4n) is 3.75. The minimum atomic E-state index is -0.287. The highest BCUT2D eigenvalue weighted by atomic mass is 19.1. The smallest absolute Gasteiger partial charge is 0.126 e. The highest BCUT2D eigenvalue weighted by molar-refractivity contribution is 5.28. The van der Waals surface area contributed by atoms with Gasteiger partial charge in [-0.3, -0.25) is 4.90 Å². The number of hydrogen-bond acceptors (Lipinski definition) is 3. The molecule has 0 aromatic heterocycles. The Morgan fingerprint density at radius 2 is 2.04 bits per heavy atom. The van der Waals surface area contributed by atoms with Crippen LogP contribution in [0.5, 0.6) is 5.75 Å².